The quantitative estimate of drug-likeness (QED) is 0.109. The summed E-state index contributed by atoms with van der Waals surface area (Å²) in [7, 11) is -3.10. The number of hydrogen-bond acceptors (Lipinski definition) is 1. The van der Waals surface area contributed by atoms with Crippen molar-refractivity contribution in [2.24, 2.45) is 0 Å². The third-order valence-corrected chi connectivity index (χ3v) is 17.6. The number of aromatic nitrogens is 1. The normalized spacial score (nSPS) is 13.8. The molecule has 0 saturated heterocycles. The van der Waals surface area contributed by atoms with Gasteiger partial charge in [0.1, 0.15) is 0 Å². The second-order valence-corrected chi connectivity index (χ2v) is 20.1. The molecule has 2 nitrogen and oxygen atoms in total. The number of rotatable bonds is 8. The Morgan fingerprint density at radius 1 is 0.406 bits per heavy atom. The lowest BCUT2D eigenvalue weighted by atomic mass is 9.46. The van der Waals surface area contributed by atoms with Crippen LogP contribution in [0.4, 0.5) is 11.4 Å². The van der Waals surface area contributed by atoms with E-state index in [9.17, 15) is 9.60 Å². The van der Waals surface area contributed by atoms with Crippen LogP contribution in [-0.2, 0) is 0 Å². The van der Waals surface area contributed by atoms with Crippen molar-refractivity contribution in [2.45, 2.75) is 0 Å². The highest BCUT2D eigenvalue weighted by atomic mass is 28.3. The third kappa shape index (κ3) is 6.02. The van der Waals surface area contributed by atoms with Crippen LogP contribution in [0.2, 0.25) is 0 Å². The molecule has 10 aromatic carbocycles. The zero-order valence-electron chi connectivity index (χ0n) is 41.8. The molecule has 1 aromatic heterocycles. The van der Waals surface area contributed by atoms with Crippen LogP contribution in [0.25, 0.3) is 49.7 Å². The highest BCUT2D eigenvalue weighted by Crippen LogP contribution is 2.42. The van der Waals surface area contributed by atoms with Crippen molar-refractivity contribution in [3.8, 4) is 27.9 Å². The van der Waals surface area contributed by atoms with Gasteiger partial charge in [0.25, 0.3) is 0 Å². The average molecular weight is 838 g/mol. The van der Waals surface area contributed by atoms with Crippen LogP contribution in [0, 0.1) is 0 Å². The summed E-state index contributed by atoms with van der Waals surface area (Å²) in [6.45, 7) is -0.506. The van der Waals surface area contributed by atoms with E-state index in [-0.39, 0.29) is 52.7 Å². The minimum Gasteiger partial charge on any atom is -0.376 e. The van der Waals surface area contributed by atoms with Crippen LogP contribution in [-0.4, -0.2) is 19.5 Å². The number of hydrogen-bond donors (Lipinski definition) is 0. The molecule has 0 bridgehead atoms. The van der Waals surface area contributed by atoms with Gasteiger partial charge in [-0.2, -0.15) is 0 Å². The largest absolute Gasteiger partial charge is 0.376 e. The number of benzene rings is 10. The number of fused-ring (bicyclic) bond motifs is 6. The predicted octanol–water partition coefficient (Wildman–Crippen LogP) is 10.8. The Morgan fingerprint density at radius 2 is 0.984 bits per heavy atom. The monoisotopic (exact) mass is 837 g/mol. The van der Waals surface area contributed by atoms with Crippen molar-refractivity contribution >= 4 is 79.8 Å². The van der Waals surface area contributed by atoms with Gasteiger partial charge in [-0.25, -0.2) is 0 Å². The molecule has 1 aliphatic heterocycles. The van der Waals surface area contributed by atoms with Gasteiger partial charge in [0.05, 0.1) is 26.3 Å². The lowest BCUT2D eigenvalue weighted by Gasteiger charge is -2.39. The van der Waals surface area contributed by atoms with Crippen molar-refractivity contribution < 1.29 is 9.60 Å². The van der Waals surface area contributed by atoms with E-state index in [2.05, 4.69) is 103 Å². The standard InChI is InChI=1S/C60H43BN2Si/c1-5-23-45(24-6-1)61-56-36-17-13-33-52(56)53-34-16-20-39-59(53)63(61)46-25-21-22-44(42-46)51-32-14-18-37-57(51)62-58-38-19-15-35-54(58)55-41-40-50(43-60(55)62)64(47-26-7-2-8-27-47,48-28-9-3-10-29-48)49-30-11-4-12-31-49/h1-43H/i14D,18D,21D,25D,32D,37D,42D. The van der Waals surface area contributed by atoms with Crippen LogP contribution in [0.5, 0.6) is 0 Å². The first-order chi connectivity index (χ1) is 34.7. The summed E-state index contributed by atoms with van der Waals surface area (Å²) in [4.78, 5) is 1.98. The maximum atomic E-state index is 10.4. The van der Waals surface area contributed by atoms with Crippen LogP contribution in [0.15, 0.2) is 261 Å². The van der Waals surface area contributed by atoms with Crippen LogP contribution in [0.3, 0.4) is 0 Å². The molecule has 0 saturated carbocycles. The molecule has 64 heavy (non-hydrogen) atoms. The maximum absolute atomic E-state index is 10.4. The molecule has 0 spiro atoms. The molecular weight excluding hydrogens is 788 g/mol. The zero-order chi connectivity index (χ0) is 48.5. The van der Waals surface area contributed by atoms with E-state index in [4.69, 9.17) is 0 Å². The molecule has 0 N–H and O–H groups in total. The Bertz CT molecular complexity index is 3780. The first-order valence-corrected chi connectivity index (χ1v) is 23.6. The number of anilines is 2. The van der Waals surface area contributed by atoms with Crippen molar-refractivity contribution in [3.05, 3.63) is 261 Å². The van der Waals surface area contributed by atoms with Crippen LogP contribution in [0.1, 0.15) is 9.60 Å². The molecule has 2 heterocycles. The maximum Gasteiger partial charge on any atom is 0.328 e. The van der Waals surface area contributed by atoms with Crippen molar-refractivity contribution in [1.29, 1.82) is 0 Å². The summed E-state index contributed by atoms with van der Waals surface area (Å²) < 4.78 is 69.8. The van der Waals surface area contributed by atoms with Gasteiger partial charge in [-0.15, -0.1) is 0 Å². The lowest BCUT2D eigenvalue weighted by molar-refractivity contribution is 1.18. The Hall–Kier alpha value is -7.92. The fraction of sp³-hybridized carbons (Fsp3) is 0. The summed E-state index contributed by atoms with van der Waals surface area (Å²) in [5, 5.41) is 6.41. The molecule has 300 valence electrons. The van der Waals surface area contributed by atoms with Crippen LogP contribution >= 0.6 is 0 Å². The van der Waals surface area contributed by atoms with Gasteiger partial charge >= 0.3 is 6.85 Å². The Labute approximate surface area is 385 Å². The molecule has 11 aromatic rings. The SMILES string of the molecule is [2H]c1cc(-c2c([2H])c([2H])c([2H])c([2H])c2-n2c3ccccc3c3ccc([Si](c4ccccc4)(c4ccccc4)c4ccccc4)cc32)c([2H])c(N2B(c3ccccc3)c3ccccc3-c3ccccc32)c1[2H]. The molecular formula is C60H43BN2Si. The molecule has 12 rings (SSSR count). The molecule has 4 heteroatoms. The molecule has 0 radical (unpaired) electrons. The highest BCUT2D eigenvalue weighted by Gasteiger charge is 2.42. The average Bonchev–Trinajstić information content (AvgIpc) is 3.75. The third-order valence-electron chi connectivity index (χ3n) is 12.9. The molecule has 1 aliphatic rings. The number of para-hydroxylation sites is 3. The Kier molecular flexibility index (Phi) is 7.64. The minimum absolute atomic E-state index is 0.0726. The first-order valence-electron chi connectivity index (χ1n) is 25.1. The summed E-state index contributed by atoms with van der Waals surface area (Å²) in [5.74, 6) is 0. The highest BCUT2D eigenvalue weighted by molar-refractivity contribution is 7.20. The summed E-state index contributed by atoms with van der Waals surface area (Å²) in [6, 6.07) is 71.9. The van der Waals surface area contributed by atoms with Crippen molar-refractivity contribution in [3.63, 3.8) is 0 Å². The first kappa shape index (κ1) is 31.0. The van der Waals surface area contributed by atoms with Gasteiger partial charge in [0.15, 0.2) is 8.07 Å². The molecule has 0 unspecified atom stereocenters. The van der Waals surface area contributed by atoms with E-state index in [1.54, 1.807) is 0 Å². The zero-order valence-corrected chi connectivity index (χ0v) is 35.8. The number of nitrogens with zero attached hydrogens (tertiary/aromatic N) is 2. The molecule has 0 atom stereocenters. The van der Waals surface area contributed by atoms with Gasteiger partial charge in [0.2, 0.25) is 0 Å². The predicted molar refractivity (Wildman–Crippen MR) is 275 cm³/mol. The van der Waals surface area contributed by atoms with Crippen molar-refractivity contribution in [1.82, 2.24) is 4.57 Å². The summed E-state index contributed by atoms with van der Waals surface area (Å²) in [5.41, 5.74) is 6.56. The summed E-state index contributed by atoms with van der Waals surface area (Å²) >= 11 is 0. The van der Waals surface area contributed by atoms with Gasteiger partial charge in [0, 0.05) is 33.3 Å². The fourth-order valence-corrected chi connectivity index (χ4v) is 15.0. The van der Waals surface area contributed by atoms with E-state index in [0.717, 1.165) is 54.7 Å². The Morgan fingerprint density at radius 3 is 1.70 bits per heavy atom. The van der Waals surface area contributed by atoms with Gasteiger partial charge < -0.3 is 9.38 Å². The van der Waals surface area contributed by atoms with Crippen molar-refractivity contribution in [2.75, 3.05) is 4.81 Å². The molecule has 0 aliphatic carbocycles. The molecule has 0 amide bonds. The fourth-order valence-electron chi connectivity index (χ4n) is 10.2. The second-order valence-electron chi connectivity index (χ2n) is 16.2. The van der Waals surface area contributed by atoms with Gasteiger partial charge in [-0.05, 0) is 73.7 Å². The van der Waals surface area contributed by atoms with Gasteiger partial charge in [-0.3, -0.25) is 0 Å². The van der Waals surface area contributed by atoms with E-state index in [0.29, 0.717) is 0 Å². The Balaban J connectivity index is 1.18. The van der Waals surface area contributed by atoms with Crippen LogP contribution < -0.4 is 36.5 Å². The minimum atomic E-state index is -3.10. The van der Waals surface area contributed by atoms with Gasteiger partial charge in [-0.1, -0.05) is 230 Å². The van der Waals surface area contributed by atoms with E-state index in [1.165, 1.54) is 21.6 Å². The van der Waals surface area contributed by atoms with E-state index < -0.39 is 27.0 Å². The van der Waals surface area contributed by atoms with E-state index >= 15 is 0 Å². The second kappa shape index (κ2) is 15.8. The van der Waals surface area contributed by atoms with E-state index in [1.807, 2.05) is 119 Å². The summed E-state index contributed by atoms with van der Waals surface area (Å²) in [6.07, 6.45) is 0. The molecule has 0 fully saturated rings. The lowest BCUT2D eigenvalue weighted by Crippen LogP contribution is -2.74. The topological polar surface area (TPSA) is 8.17 Å². The smallest absolute Gasteiger partial charge is 0.328 e.